The van der Waals surface area contributed by atoms with Crippen molar-refractivity contribution in [1.29, 1.82) is 0 Å². The average Bonchev–Trinajstić information content (AvgIpc) is 3.23. The number of carbonyl (C=O) groups excluding carboxylic acids is 1. The molecule has 0 spiro atoms. The molecular weight excluding hydrogens is 448 g/mol. The van der Waals surface area contributed by atoms with Crippen LogP contribution in [-0.4, -0.2) is 22.7 Å². The second-order valence-electron chi connectivity index (χ2n) is 6.40. The Morgan fingerprint density at radius 3 is 2.77 bits per heavy atom. The molecule has 1 aliphatic heterocycles. The lowest BCUT2D eigenvalue weighted by Gasteiger charge is -2.16. The van der Waals surface area contributed by atoms with E-state index in [1.807, 2.05) is 18.2 Å². The van der Waals surface area contributed by atoms with Crippen molar-refractivity contribution in [1.82, 2.24) is 15.5 Å². The molecule has 1 N–H and O–H groups in total. The maximum Gasteiger partial charge on any atom is 0.282 e. The van der Waals surface area contributed by atoms with E-state index in [0.717, 1.165) is 33.8 Å². The van der Waals surface area contributed by atoms with Crippen LogP contribution in [0.2, 0.25) is 5.02 Å². The first-order valence-electron chi connectivity index (χ1n) is 8.84. The Kier molecular flexibility index (Phi) is 6.13. The van der Waals surface area contributed by atoms with E-state index >= 15 is 0 Å². The molecule has 0 atom stereocenters. The number of rotatable bonds is 5. The molecule has 0 saturated heterocycles. The average molecular weight is 462 g/mol. The van der Waals surface area contributed by atoms with Crippen LogP contribution in [0.4, 0.5) is 4.39 Å². The summed E-state index contributed by atoms with van der Waals surface area (Å²) in [6.07, 6.45) is 3.66. The number of amides is 1. The molecule has 152 valence electrons. The molecule has 0 aliphatic carbocycles. The predicted octanol–water partition coefficient (Wildman–Crippen LogP) is 5.32. The predicted molar refractivity (Wildman–Crippen MR) is 116 cm³/mol. The van der Waals surface area contributed by atoms with Crippen LogP contribution in [0.15, 0.2) is 54.1 Å². The number of halogens is 3. The van der Waals surface area contributed by atoms with Crippen molar-refractivity contribution in [2.24, 2.45) is 0 Å². The van der Waals surface area contributed by atoms with Gasteiger partial charge in [-0.1, -0.05) is 46.7 Å². The molecule has 3 aromatic rings. The number of aromatic nitrogens is 2. The highest BCUT2D eigenvalue weighted by molar-refractivity contribution is 7.15. The lowest BCUT2D eigenvalue weighted by molar-refractivity contribution is 0.0950. The number of nitrogens with one attached hydrogen (secondary N) is 1. The van der Waals surface area contributed by atoms with Crippen LogP contribution in [0.25, 0.3) is 11.1 Å². The number of nitrogens with zero attached hydrogens (tertiary/aromatic N) is 2. The number of fused-ring (bicyclic) bond motifs is 1. The van der Waals surface area contributed by atoms with Crippen LogP contribution < -0.4 is 10.1 Å². The molecule has 0 saturated carbocycles. The summed E-state index contributed by atoms with van der Waals surface area (Å²) in [5, 5.41) is 12.2. The van der Waals surface area contributed by atoms with Crippen molar-refractivity contribution in [3.05, 3.63) is 86.1 Å². The number of hydrogen-bond donors (Lipinski definition) is 1. The van der Waals surface area contributed by atoms with Gasteiger partial charge in [-0.05, 0) is 53.6 Å². The van der Waals surface area contributed by atoms with Crippen molar-refractivity contribution in [2.75, 3.05) is 6.61 Å². The molecule has 9 heteroatoms. The van der Waals surface area contributed by atoms with E-state index in [1.54, 1.807) is 24.3 Å². The summed E-state index contributed by atoms with van der Waals surface area (Å²) < 4.78 is 18.7. The molecule has 1 aromatic heterocycles. The first-order chi connectivity index (χ1) is 14.5. The summed E-state index contributed by atoms with van der Waals surface area (Å²) in [6.45, 7) is 0.610. The van der Waals surface area contributed by atoms with E-state index in [-0.39, 0.29) is 23.3 Å². The molecule has 0 radical (unpaired) electrons. The van der Waals surface area contributed by atoms with Crippen LogP contribution in [-0.2, 0) is 6.54 Å². The van der Waals surface area contributed by atoms with Crippen molar-refractivity contribution in [2.45, 2.75) is 6.54 Å². The lowest BCUT2D eigenvalue weighted by atomic mass is 10.1. The van der Waals surface area contributed by atoms with Crippen molar-refractivity contribution < 1.29 is 13.9 Å². The summed E-state index contributed by atoms with van der Waals surface area (Å²) in [5.74, 6) is 0.0466. The van der Waals surface area contributed by atoms with Gasteiger partial charge < -0.3 is 10.1 Å². The van der Waals surface area contributed by atoms with Gasteiger partial charge in [0.15, 0.2) is 5.01 Å². The maximum absolute atomic E-state index is 12.9. The molecule has 4 rings (SSSR count). The zero-order chi connectivity index (χ0) is 21.1. The van der Waals surface area contributed by atoms with Crippen LogP contribution in [0.5, 0.6) is 5.75 Å². The highest BCUT2D eigenvalue weighted by Gasteiger charge is 2.16. The fourth-order valence-corrected chi connectivity index (χ4v) is 3.89. The minimum Gasteiger partial charge on any atom is -0.488 e. The first kappa shape index (κ1) is 20.5. The standard InChI is InChI=1S/C21H14Cl2FN3O2S/c22-15-3-6-18-14(9-15)7-13(11-29-18)8-17(23)20-26-27-21(30-20)19(28)25-10-12-1-4-16(24)5-2-12/h1-9H,10-11H2,(H,25,28)/b17-8-. The number of ether oxygens (including phenoxy) is 1. The summed E-state index contributed by atoms with van der Waals surface area (Å²) in [7, 11) is 0. The lowest BCUT2D eigenvalue weighted by Crippen LogP contribution is -2.22. The van der Waals surface area contributed by atoms with E-state index in [1.165, 1.54) is 12.1 Å². The Bertz CT molecular complexity index is 1160. The molecule has 1 aliphatic rings. The largest absolute Gasteiger partial charge is 0.488 e. The quantitative estimate of drug-likeness (QED) is 0.558. The second kappa shape index (κ2) is 8.95. The first-order valence-corrected chi connectivity index (χ1v) is 10.4. The Labute approximate surface area is 185 Å². The van der Waals surface area contributed by atoms with Gasteiger partial charge in [-0.15, -0.1) is 10.2 Å². The normalized spacial score (nSPS) is 13.3. The minimum absolute atomic E-state index is 0.185. The molecule has 5 nitrogen and oxygen atoms in total. The van der Waals surface area contributed by atoms with Crippen LogP contribution in [0, 0.1) is 5.82 Å². The molecule has 30 heavy (non-hydrogen) atoms. The Morgan fingerprint density at radius 2 is 1.97 bits per heavy atom. The topological polar surface area (TPSA) is 64.1 Å². The number of hydrogen-bond acceptors (Lipinski definition) is 5. The Morgan fingerprint density at radius 1 is 1.20 bits per heavy atom. The molecule has 0 bridgehead atoms. The number of carbonyl (C=O) groups is 1. The van der Waals surface area contributed by atoms with Crippen molar-refractivity contribution in [3.63, 3.8) is 0 Å². The van der Waals surface area contributed by atoms with Gasteiger partial charge in [0.25, 0.3) is 5.91 Å². The van der Waals surface area contributed by atoms with Gasteiger partial charge in [0.1, 0.15) is 18.2 Å². The fourth-order valence-electron chi connectivity index (χ4n) is 2.75. The smallest absolute Gasteiger partial charge is 0.282 e. The van der Waals surface area contributed by atoms with Crippen LogP contribution >= 0.6 is 34.5 Å². The van der Waals surface area contributed by atoms with Gasteiger partial charge >= 0.3 is 0 Å². The van der Waals surface area contributed by atoms with E-state index in [4.69, 9.17) is 27.9 Å². The summed E-state index contributed by atoms with van der Waals surface area (Å²) in [5.41, 5.74) is 2.48. The van der Waals surface area contributed by atoms with Crippen LogP contribution in [0.1, 0.15) is 25.9 Å². The van der Waals surface area contributed by atoms with Crippen molar-refractivity contribution >= 4 is 51.6 Å². The Balaban J connectivity index is 1.44. The van der Waals surface area contributed by atoms with E-state index < -0.39 is 0 Å². The van der Waals surface area contributed by atoms with Gasteiger partial charge in [0.05, 0.1) is 5.03 Å². The third-order valence-electron chi connectivity index (χ3n) is 4.21. The zero-order valence-electron chi connectivity index (χ0n) is 15.4. The third-order valence-corrected chi connectivity index (χ3v) is 5.80. The van der Waals surface area contributed by atoms with Crippen LogP contribution in [0.3, 0.4) is 0 Å². The minimum atomic E-state index is -0.378. The van der Waals surface area contributed by atoms with E-state index in [0.29, 0.717) is 21.7 Å². The monoisotopic (exact) mass is 461 g/mol. The molecule has 2 aromatic carbocycles. The third kappa shape index (κ3) is 4.87. The fraction of sp³-hybridized carbons (Fsp3) is 0.0952. The molecule has 0 unspecified atom stereocenters. The zero-order valence-corrected chi connectivity index (χ0v) is 17.7. The second-order valence-corrected chi connectivity index (χ2v) is 8.23. The van der Waals surface area contributed by atoms with Gasteiger partial charge in [-0.3, -0.25) is 4.79 Å². The summed E-state index contributed by atoms with van der Waals surface area (Å²) in [6, 6.07) is 11.3. The molecule has 0 fully saturated rings. The summed E-state index contributed by atoms with van der Waals surface area (Å²) in [4.78, 5) is 12.3. The maximum atomic E-state index is 12.9. The summed E-state index contributed by atoms with van der Waals surface area (Å²) >= 11 is 13.5. The van der Waals surface area contributed by atoms with Gasteiger partial charge in [0.2, 0.25) is 5.01 Å². The molecular formula is C21H14Cl2FN3O2S. The van der Waals surface area contributed by atoms with Crippen molar-refractivity contribution in [3.8, 4) is 5.75 Å². The van der Waals surface area contributed by atoms with Gasteiger partial charge in [-0.25, -0.2) is 4.39 Å². The molecule has 2 heterocycles. The molecule has 1 amide bonds. The highest BCUT2D eigenvalue weighted by atomic mass is 35.5. The SMILES string of the molecule is O=C(NCc1ccc(F)cc1)c1nnc(/C(Cl)=C/C2=Cc3cc(Cl)ccc3OC2)s1. The Hall–Kier alpha value is -2.74. The number of benzene rings is 2. The van der Waals surface area contributed by atoms with E-state index in [2.05, 4.69) is 15.5 Å². The van der Waals surface area contributed by atoms with E-state index in [9.17, 15) is 9.18 Å². The van der Waals surface area contributed by atoms with Gasteiger partial charge in [-0.2, -0.15) is 0 Å². The van der Waals surface area contributed by atoms with Gasteiger partial charge in [0, 0.05) is 17.1 Å². The highest BCUT2D eigenvalue weighted by Crippen LogP contribution is 2.31.